The van der Waals surface area contributed by atoms with Crippen LogP contribution < -0.4 is 10.1 Å². The summed E-state index contributed by atoms with van der Waals surface area (Å²) in [6.07, 6.45) is 0.271. The van der Waals surface area contributed by atoms with Crippen molar-refractivity contribution in [3.05, 3.63) is 89.7 Å². The van der Waals surface area contributed by atoms with Crippen molar-refractivity contribution in [2.75, 3.05) is 13.2 Å². The molecule has 0 unspecified atom stereocenters. The number of rotatable bonds is 4. The summed E-state index contributed by atoms with van der Waals surface area (Å²) in [5.41, 5.74) is 1.53. The number of urea groups is 1. The summed E-state index contributed by atoms with van der Waals surface area (Å²) in [6.45, 7) is -0.159. The fourth-order valence-electron chi connectivity index (χ4n) is 5.00. The lowest BCUT2D eigenvalue weighted by atomic mass is 9.84. The van der Waals surface area contributed by atoms with Gasteiger partial charge in [0.2, 0.25) is 0 Å². The number of nitrogens with one attached hydrogen (secondary N) is 2. The Morgan fingerprint density at radius 3 is 2.57 bits per heavy atom. The van der Waals surface area contributed by atoms with Gasteiger partial charge in [-0.25, -0.2) is 9.18 Å². The fraction of sp³-hybridized carbons (Fsp3) is 0.148. The monoisotopic (exact) mass is 469 g/mol. The van der Waals surface area contributed by atoms with Gasteiger partial charge in [0.1, 0.15) is 11.6 Å². The van der Waals surface area contributed by atoms with E-state index in [1.54, 1.807) is 42.5 Å². The number of benzene rings is 3. The molecule has 3 aromatic carbocycles. The molecular weight excluding hydrogens is 449 g/mol. The lowest BCUT2D eigenvalue weighted by Gasteiger charge is -2.33. The molecule has 7 nitrogen and oxygen atoms in total. The molecule has 4 aromatic rings. The number of aromatic amines is 1. The average molecular weight is 469 g/mol. The van der Waals surface area contributed by atoms with Gasteiger partial charge in [0.15, 0.2) is 11.3 Å². The molecule has 1 atom stereocenters. The summed E-state index contributed by atoms with van der Waals surface area (Å²) in [6, 6.07) is 19.5. The maximum atomic E-state index is 13.7. The summed E-state index contributed by atoms with van der Waals surface area (Å²) >= 11 is 0. The number of fused-ring (bicyclic) bond motifs is 3. The number of ketones is 1. The predicted molar refractivity (Wildman–Crippen MR) is 126 cm³/mol. The quantitative estimate of drug-likeness (QED) is 0.343. The Labute approximate surface area is 199 Å². The van der Waals surface area contributed by atoms with Crippen LogP contribution in [0.1, 0.15) is 22.3 Å². The van der Waals surface area contributed by atoms with E-state index in [1.807, 2.05) is 18.2 Å². The number of carbonyl (C=O) groups is 3. The molecule has 2 N–H and O–H groups in total. The van der Waals surface area contributed by atoms with Crippen molar-refractivity contribution in [3.8, 4) is 17.0 Å². The molecule has 8 heteroatoms. The highest BCUT2D eigenvalue weighted by Crippen LogP contribution is 2.41. The second-order valence-corrected chi connectivity index (χ2v) is 8.67. The molecule has 1 aromatic heterocycles. The lowest BCUT2D eigenvalue weighted by Crippen LogP contribution is -2.47. The number of amides is 3. The van der Waals surface area contributed by atoms with Gasteiger partial charge in [-0.2, -0.15) is 0 Å². The van der Waals surface area contributed by atoms with Crippen LogP contribution >= 0.6 is 0 Å². The standard InChI is InChI=1S/C27H20FN3O4/c28-17-11-9-16(10-12-17)24-23(18-5-1-3-7-20(18)29-24)21(32)15-31-25(33)27(30-26(31)34)13-14-35-22-8-4-2-6-19(22)27/h1-12,29H,13-15H2,(H,30,34)/t27-/m0/s1. The first-order valence-electron chi connectivity index (χ1n) is 11.2. The van der Waals surface area contributed by atoms with Gasteiger partial charge in [-0.05, 0) is 42.0 Å². The van der Waals surface area contributed by atoms with Crippen molar-refractivity contribution in [3.63, 3.8) is 0 Å². The Hall–Kier alpha value is -4.46. The number of aromatic nitrogens is 1. The van der Waals surface area contributed by atoms with Gasteiger partial charge >= 0.3 is 6.03 Å². The molecule has 1 fully saturated rings. The smallest absolute Gasteiger partial charge is 0.325 e. The van der Waals surface area contributed by atoms with Gasteiger partial charge in [-0.15, -0.1) is 0 Å². The van der Waals surface area contributed by atoms with Crippen molar-refractivity contribution in [1.82, 2.24) is 15.2 Å². The van der Waals surface area contributed by atoms with Crippen LogP contribution in [0.3, 0.4) is 0 Å². The Morgan fingerprint density at radius 1 is 1.00 bits per heavy atom. The van der Waals surface area contributed by atoms with Gasteiger partial charge in [-0.3, -0.25) is 14.5 Å². The van der Waals surface area contributed by atoms with Crippen molar-refractivity contribution < 1.29 is 23.5 Å². The second kappa shape index (κ2) is 7.80. The van der Waals surface area contributed by atoms with Gasteiger partial charge < -0.3 is 15.0 Å². The third-order valence-corrected chi connectivity index (χ3v) is 6.68. The number of hydrogen-bond donors (Lipinski definition) is 2. The molecule has 2 aliphatic rings. The fourth-order valence-corrected chi connectivity index (χ4v) is 5.00. The minimum absolute atomic E-state index is 0.266. The highest BCUT2D eigenvalue weighted by molar-refractivity contribution is 6.17. The Morgan fingerprint density at radius 2 is 1.74 bits per heavy atom. The maximum absolute atomic E-state index is 13.7. The van der Waals surface area contributed by atoms with E-state index in [2.05, 4.69) is 10.3 Å². The zero-order valence-corrected chi connectivity index (χ0v) is 18.5. The molecule has 1 spiro atoms. The summed E-state index contributed by atoms with van der Waals surface area (Å²) in [4.78, 5) is 44.4. The van der Waals surface area contributed by atoms with E-state index in [4.69, 9.17) is 4.74 Å². The van der Waals surface area contributed by atoms with Crippen molar-refractivity contribution in [2.24, 2.45) is 0 Å². The van der Waals surface area contributed by atoms with Crippen LogP contribution in [0.25, 0.3) is 22.2 Å². The van der Waals surface area contributed by atoms with Crippen LogP contribution in [0.4, 0.5) is 9.18 Å². The van der Waals surface area contributed by atoms with Gasteiger partial charge in [-0.1, -0.05) is 36.4 Å². The molecule has 0 saturated carbocycles. The first-order valence-corrected chi connectivity index (χ1v) is 11.2. The number of Topliss-reactive ketones (excluding diaryl/α,β-unsaturated/α-hetero) is 1. The molecular formula is C27H20FN3O4. The van der Waals surface area contributed by atoms with E-state index in [0.29, 0.717) is 33.5 Å². The molecule has 2 aliphatic heterocycles. The average Bonchev–Trinajstić information content (AvgIpc) is 3.36. The SMILES string of the molecule is O=C(CN1C(=O)N[C@]2(CCOc3ccccc32)C1=O)c1c(-c2ccc(F)cc2)[nH]c2ccccc12. The summed E-state index contributed by atoms with van der Waals surface area (Å²) in [7, 11) is 0. The Balaban J connectivity index is 1.38. The van der Waals surface area contributed by atoms with E-state index in [0.717, 1.165) is 10.4 Å². The lowest BCUT2D eigenvalue weighted by molar-refractivity contribution is -0.132. The van der Waals surface area contributed by atoms with Gasteiger partial charge in [0, 0.05) is 22.9 Å². The van der Waals surface area contributed by atoms with Crippen LogP contribution in [0.2, 0.25) is 0 Å². The minimum Gasteiger partial charge on any atom is -0.493 e. The van der Waals surface area contributed by atoms with Gasteiger partial charge in [0.25, 0.3) is 5.91 Å². The largest absolute Gasteiger partial charge is 0.493 e. The number of carbonyl (C=O) groups excluding carboxylic acids is 3. The van der Waals surface area contributed by atoms with E-state index in [-0.39, 0.29) is 18.8 Å². The topological polar surface area (TPSA) is 91.5 Å². The number of nitrogens with zero attached hydrogens (tertiary/aromatic N) is 1. The minimum atomic E-state index is -1.26. The van der Waals surface area contributed by atoms with E-state index >= 15 is 0 Å². The third-order valence-electron chi connectivity index (χ3n) is 6.68. The molecule has 35 heavy (non-hydrogen) atoms. The number of para-hydroxylation sites is 2. The molecule has 3 amide bonds. The second-order valence-electron chi connectivity index (χ2n) is 8.67. The normalized spacial score (nSPS) is 19.1. The molecule has 0 radical (unpaired) electrons. The zero-order chi connectivity index (χ0) is 24.2. The van der Waals surface area contributed by atoms with Crippen LogP contribution in [-0.4, -0.2) is 40.8 Å². The van der Waals surface area contributed by atoms with Crippen LogP contribution in [0.15, 0.2) is 72.8 Å². The van der Waals surface area contributed by atoms with Crippen LogP contribution in [-0.2, 0) is 10.3 Å². The number of halogens is 1. The number of imide groups is 1. The number of H-pyrrole nitrogens is 1. The number of hydrogen-bond acceptors (Lipinski definition) is 4. The summed E-state index contributed by atoms with van der Waals surface area (Å²) in [5.74, 6) is -0.729. The van der Waals surface area contributed by atoms with Crippen molar-refractivity contribution in [2.45, 2.75) is 12.0 Å². The molecule has 1 saturated heterocycles. The van der Waals surface area contributed by atoms with Crippen LogP contribution in [0, 0.1) is 5.82 Å². The molecule has 174 valence electrons. The van der Waals surface area contributed by atoms with Crippen LogP contribution in [0.5, 0.6) is 5.75 Å². The maximum Gasteiger partial charge on any atom is 0.325 e. The molecule has 0 aliphatic carbocycles. The molecule has 3 heterocycles. The highest BCUT2D eigenvalue weighted by atomic mass is 19.1. The Kier molecular flexibility index (Phi) is 4.70. The van der Waals surface area contributed by atoms with Gasteiger partial charge in [0.05, 0.1) is 24.4 Å². The van der Waals surface area contributed by atoms with Crippen molar-refractivity contribution in [1.29, 1.82) is 0 Å². The summed E-state index contributed by atoms with van der Waals surface area (Å²) < 4.78 is 19.2. The molecule has 0 bridgehead atoms. The summed E-state index contributed by atoms with van der Waals surface area (Å²) in [5, 5.41) is 3.48. The first-order chi connectivity index (χ1) is 17.0. The van der Waals surface area contributed by atoms with Crippen molar-refractivity contribution >= 4 is 28.6 Å². The third kappa shape index (κ3) is 3.21. The van der Waals surface area contributed by atoms with E-state index < -0.39 is 29.8 Å². The van der Waals surface area contributed by atoms with E-state index in [1.165, 1.54) is 12.1 Å². The van der Waals surface area contributed by atoms with E-state index in [9.17, 15) is 18.8 Å². The first kappa shape index (κ1) is 21.1. The zero-order valence-electron chi connectivity index (χ0n) is 18.5. The predicted octanol–water partition coefficient (Wildman–Crippen LogP) is 4.39. The number of ether oxygens (including phenoxy) is 1. The molecule has 6 rings (SSSR count). The Bertz CT molecular complexity index is 1510. The highest BCUT2D eigenvalue weighted by Gasteiger charge is 2.55.